The maximum Gasteiger partial charge on any atom is 0.311 e. The molecule has 1 aromatic carbocycles. The molecule has 0 aromatic heterocycles. The van der Waals surface area contributed by atoms with Gasteiger partial charge in [-0.2, -0.15) is 0 Å². The smallest absolute Gasteiger partial charge is 0.311 e. The fraction of sp³-hybridized carbons (Fsp3) is 0.222. The monoisotopic (exact) mass is 213 g/mol. The predicted molar refractivity (Wildman–Crippen MR) is 49.2 cm³/mol. The number of nitro benzene ring substituents is 1. The highest BCUT2D eigenvalue weighted by Gasteiger charge is 2.16. The van der Waals surface area contributed by atoms with Crippen LogP contribution >= 0.6 is 0 Å². The zero-order chi connectivity index (χ0) is 11.4. The molecular weight excluding hydrogens is 205 g/mol. The van der Waals surface area contributed by atoms with E-state index in [0.29, 0.717) is 0 Å². The summed E-state index contributed by atoms with van der Waals surface area (Å²) in [6, 6.07) is 2.82. The molecule has 1 rings (SSSR count). The molecule has 0 atom stereocenters. The molecule has 0 N–H and O–H groups in total. The Morgan fingerprint density at radius 3 is 2.80 bits per heavy atom. The molecule has 0 heterocycles. The fourth-order valence-electron chi connectivity index (χ4n) is 0.934. The number of halogens is 1. The number of carbonyl (C=O) groups is 1. The number of nitro groups is 1. The molecule has 80 valence electrons. The summed E-state index contributed by atoms with van der Waals surface area (Å²) in [6.45, 7) is 0.954. The van der Waals surface area contributed by atoms with Gasteiger partial charge >= 0.3 is 5.69 Å². The average Bonchev–Trinajstić information content (AvgIpc) is 2.14. The lowest BCUT2D eigenvalue weighted by molar-refractivity contribution is -0.385. The standard InChI is InChI=1S/C9H8FNO4/c1-6(12)5-15-9-4-7(10)2-3-8(9)11(13)14/h2-4H,5H2,1H3. The lowest BCUT2D eigenvalue weighted by Crippen LogP contribution is -2.08. The Bertz CT molecular complexity index is 405. The van der Waals surface area contributed by atoms with Crippen LogP contribution in [0.15, 0.2) is 18.2 Å². The second-order valence-electron chi connectivity index (χ2n) is 2.86. The van der Waals surface area contributed by atoms with Gasteiger partial charge in [0.1, 0.15) is 12.4 Å². The topological polar surface area (TPSA) is 69.4 Å². The Balaban J connectivity index is 2.96. The number of benzene rings is 1. The van der Waals surface area contributed by atoms with Crippen LogP contribution in [0.5, 0.6) is 5.75 Å². The maximum absolute atomic E-state index is 12.7. The Hall–Kier alpha value is -1.98. The molecule has 0 amide bonds. The summed E-state index contributed by atoms with van der Waals surface area (Å²) in [4.78, 5) is 20.4. The van der Waals surface area contributed by atoms with Crippen molar-refractivity contribution in [3.8, 4) is 5.75 Å². The van der Waals surface area contributed by atoms with Crippen molar-refractivity contribution in [1.82, 2.24) is 0 Å². The molecule has 0 aliphatic heterocycles. The number of rotatable bonds is 4. The third-order valence-corrected chi connectivity index (χ3v) is 1.55. The van der Waals surface area contributed by atoms with E-state index in [4.69, 9.17) is 4.74 Å². The highest BCUT2D eigenvalue weighted by atomic mass is 19.1. The zero-order valence-corrected chi connectivity index (χ0v) is 7.90. The number of hydrogen-bond acceptors (Lipinski definition) is 4. The predicted octanol–water partition coefficient (Wildman–Crippen LogP) is 1.70. The summed E-state index contributed by atoms with van der Waals surface area (Å²) < 4.78 is 17.6. The van der Waals surface area contributed by atoms with Crippen molar-refractivity contribution in [2.45, 2.75) is 6.92 Å². The van der Waals surface area contributed by atoms with Crippen LogP contribution in [0.3, 0.4) is 0 Å². The van der Waals surface area contributed by atoms with E-state index in [9.17, 15) is 19.3 Å². The Morgan fingerprint density at radius 2 is 2.27 bits per heavy atom. The van der Waals surface area contributed by atoms with Gasteiger partial charge < -0.3 is 4.74 Å². The Morgan fingerprint density at radius 1 is 1.60 bits per heavy atom. The lowest BCUT2D eigenvalue weighted by atomic mass is 10.3. The minimum absolute atomic E-state index is 0.241. The third-order valence-electron chi connectivity index (χ3n) is 1.55. The van der Waals surface area contributed by atoms with Crippen molar-refractivity contribution in [3.05, 3.63) is 34.1 Å². The summed E-state index contributed by atoms with van der Waals surface area (Å²) in [5.74, 6) is -1.19. The molecule has 0 fully saturated rings. The fourth-order valence-corrected chi connectivity index (χ4v) is 0.934. The summed E-state index contributed by atoms with van der Waals surface area (Å²) in [5, 5.41) is 10.5. The molecule has 0 bridgehead atoms. The van der Waals surface area contributed by atoms with Crippen molar-refractivity contribution in [2.75, 3.05) is 6.61 Å². The quantitative estimate of drug-likeness (QED) is 0.563. The third kappa shape index (κ3) is 3.01. The SMILES string of the molecule is CC(=O)COc1cc(F)ccc1[N+](=O)[O-]. The first-order valence-corrected chi connectivity index (χ1v) is 4.07. The van der Waals surface area contributed by atoms with E-state index >= 15 is 0 Å². The van der Waals surface area contributed by atoms with Gasteiger partial charge in [0.05, 0.1) is 4.92 Å². The van der Waals surface area contributed by atoms with Crippen LogP contribution < -0.4 is 4.74 Å². The van der Waals surface area contributed by atoms with Crippen molar-refractivity contribution in [3.63, 3.8) is 0 Å². The second kappa shape index (κ2) is 4.50. The summed E-state index contributed by atoms with van der Waals surface area (Å²) in [6.07, 6.45) is 0. The summed E-state index contributed by atoms with van der Waals surface area (Å²) in [5.41, 5.74) is -0.363. The molecule has 0 saturated carbocycles. The van der Waals surface area contributed by atoms with E-state index in [0.717, 1.165) is 18.2 Å². The average molecular weight is 213 g/mol. The van der Waals surface area contributed by atoms with E-state index in [1.165, 1.54) is 6.92 Å². The van der Waals surface area contributed by atoms with Crippen LogP contribution in [0, 0.1) is 15.9 Å². The largest absolute Gasteiger partial charge is 0.479 e. The van der Waals surface area contributed by atoms with Crippen LogP contribution in [0.25, 0.3) is 0 Å². The molecule has 0 saturated heterocycles. The van der Waals surface area contributed by atoms with Gasteiger partial charge in [-0.1, -0.05) is 0 Å². The van der Waals surface area contributed by atoms with Crippen molar-refractivity contribution >= 4 is 11.5 Å². The number of ketones is 1. The number of ether oxygens (including phenoxy) is 1. The number of nitrogens with zero attached hydrogens (tertiary/aromatic N) is 1. The Kier molecular flexibility index (Phi) is 3.33. The molecule has 0 radical (unpaired) electrons. The first-order valence-electron chi connectivity index (χ1n) is 4.07. The first-order chi connectivity index (χ1) is 7.00. The van der Waals surface area contributed by atoms with Crippen LogP contribution in [0.2, 0.25) is 0 Å². The van der Waals surface area contributed by atoms with Gasteiger partial charge in [0.15, 0.2) is 11.5 Å². The highest BCUT2D eigenvalue weighted by Crippen LogP contribution is 2.27. The van der Waals surface area contributed by atoms with Gasteiger partial charge in [-0.15, -0.1) is 0 Å². The molecule has 5 nitrogen and oxygen atoms in total. The summed E-state index contributed by atoms with van der Waals surface area (Å²) >= 11 is 0. The van der Waals surface area contributed by atoms with Gasteiger partial charge in [0.25, 0.3) is 0 Å². The van der Waals surface area contributed by atoms with E-state index in [-0.39, 0.29) is 23.8 Å². The Labute approximate surface area is 84.6 Å². The number of Topliss-reactive ketones (excluding diaryl/α,β-unsaturated/α-hetero) is 1. The molecule has 6 heteroatoms. The van der Waals surface area contributed by atoms with Gasteiger partial charge in [-0.3, -0.25) is 14.9 Å². The van der Waals surface area contributed by atoms with Crippen LogP contribution in [0.4, 0.5) is 10.1 Å². The van der Waals surface area contributed by atoms with Gasteiger partial charge in [0, 0.05) is 12.1 Å². The molecule has 0 spiro atoms. The van der Waals surface area contributed by atoms with Crippen molar-refractivity contribution in [1.29, 1.82) is 0 Å². The maximum atomic E-state index is 12.7. The second-order valence-corrected chi connectivity index (χ2v) is 2.86. The molecule has 0 aliphatic carbocycles. The zero-order valence-electron chi connectivity index (χ0n) is 7.90. The molecule has 0 unspecified atom stereocenters. The molecular formula is C9H8FNO4. The summed E-state index contributed by atoms with van der Waals surface area (Å²) in [7, 11) is 0. The number of hydrogen-bond donors (Lipinski definition) is 0. The van der Waals surface area contributed by atoms with Gasteiger partial charge in [-0.25, -0.2) is 4.39 Å². The van der Waals surface area contributed by atoms with Crippen molar-refractivity contribution < 1.29 is 18.8 Å². The van der Waals surface area contributed by atoms with Crippen LogP contribution in [-0.4, -0.2) is 17.3 Å². The van der Waals surface area contributed by atoms with Crippen LogP contribution in [0.1, 0.15) is 6.92 Å². The van der Waals surface area contributed by atoms with Gasteiger partial charge in [-0.05, 0) is 13.0 Å². The molecule has 1 aromatic rings. The van der Waals surface area contributed by atoms with Gasteiger partial charge in [0.2, 0.25) is 0 Å². The van der Waals surface area contributed by atoms with Crippen molar-refractivity contribution in [2.24, 2.45) is 0 Å². The molecule has 0 aliphatic rings. The normalized spacial score (nSPS) is 9.73. The minimum Gasteiger partial charge on any atom is -0.479 e. The minimum atomic E-state index is -0.699. The number of carbonyl (C=O) groups excluding carboxylic acids is 1. The first kappa shape index (κ1) is 11.1. The van der Waals surface area contributed by atoms with E-state index in [2.05, 4.69) is 0 Å². The van der Waals surface area contributed by atoms with E-state index in [1.54, 1.807) is 0 Å². The van der Waals surface area contributed by atoms with E-state index in [1.807, 2.05) is 0 Å². The lowest BCUT2D eigenvalue weighted by Gasteiger charge is -2.04. The molecule has 15 heavy (non-hydrogen) atoms. The van der Waals surface area contributed by atoms with Crippen LogP contribution in [-0.2, 0) is 4.79 Å². The van der Waals surface area contributed by atoms with E-state index < -0.39 is 10.7 Å². The highest BCUT2D eigenvalue weighted by molar-refractivity contribution is 5.77.